The molecule has 6 heteroatoms. The maximum Gasteiger partial charge on any atom is 0.322 e. The van der Waals surface area contributed by atoms with Gasteiger partial charge in [-0.05, 0) is 49.2 Å². The Balaban J connectivity index is 1.60. The fourth-order valence-electron chi connectivity index (χ4n) is 2.71. The molecule has 3 rings (SSSR count). The number of benzene rings is 2. The lowest BCUT2D eigenvalue weighted by atomic mass is 10.2. The van der Waals surface area contributed by atoms with E-state index in [4.69, 9.17) is 0 Å². The quantitative estimate of drug-likeness (QED) is 0.831. The predicted molar refractivity (Wildman–Crippen MR) is 92.9 cm³/mol. The molecule has 6 nitrogen and oxygen atoms in total. The second-order valence-electron chi connectivity index (χ2n) is 5.68. The number of anilines is 1. The van der Waals surface area contributed by atoms with Crippen LogP contribution in [-0.4, -0.2) is 35.2 Å². The van der Waals surface area contributed by atoms with Gasteiger partial charge in [-0.1, -0.05) is 18.2 Å². The molecule has 124 valence electrons. The molecule has 0 bridgehead atoms. The van der Waals surface area contributed by atoms with Crippen LogP contribution in [0.4, 0.5) is 21.9 Å². The third-order valence-electron chi connectivity index (χ3n) is 4.00. The van der Waals surface area contributed by atoms with E-state index in [1.165, 1.54) is 0 Å². The van der Waals surface area contributed by atoms with E-state index in [0.717, 1.165) is 18.5 Å². The molecule has 2 N–H and O–H groups in total. The molecular weight excluding hydrogens is 304 g/mol. The van der Waals surface area contributed by atoms with Crippen LogP contribution in [0.2, 0.25) is 0 Å². The molecule has 1 atom stereocenters. The number of hydrogen-bond acceptors (Lipinski definition) is 4. The average molecular weight is 324 g/mol. The van der Waals surface area contributed by atoms with Crippen LogP contribution in [0.1, 0.15) is 12.8 Å². The van der Waals surface area contributed by atoms with Crippen molar-refractivity contribution in [2.24, 2.45) is 10.2 Å². The van der Waals surface area contributed by atoms with Crippen LogP contribution in [0.25, 0.3) is 0 Å². The van der Waals surface area contributed by atoms with Crippen molar-refractivity contribution in [3.63, 3.8) is 0 Å². The minimum atomic E-state index is -0.176. The zero-order chi connectivity index (χ0) is 16.8. The Kier molecular flexibility index (Phi) is 5.18. The van der Waals surface area contributed by atoms with Gasteiger partial charge in [-0.25, -0.2) is 4.79 Å². The molecule has 2 aromatic rings. The summed E-state index contributed by atoms with van der Waals surface area (Å²) in [6.45, 7) is 0.687. The molecule has 1 aliphatic heterocycles. The number of carbonyl (C=O) groups excluding carboxylic acids is 1. The Morgan fingerprint density at radius 3 is 2.42 bits per heavy atom. The summed E-state index contributed by atoms with van der Waals surface area (Å²) in [6.07, 6.45) is 1.78. The number of hydrogen-bond donors (Lipinski definition) is 2. The number of rotatable bonds is 4. The molecule has 2 amide bonds. The third-order valence-corrected chi connectivity index (χ3v) is 4.00. The van der Waals surface area contributed by atoms with Gasteiger partial charge in [0.2, 0.25) is 0 Å². The SMILES string of the molecule is O=C(Nc1ccc(N=Nc2ccccc2)cc1)N1CCC[C@H]1CO. The molecule has 1 heterocycles. The predicted octanol–water partition coefficient (Wildman–Crippen LogP) is 4.09. The van der Waals surface area contributed by atoms with Crippen LogP contribution in [0.15, 0.2) is 64.8 Å². The highest BCUT2D eigenvalue weighted by Crippen LogP contribution is 2.22. The molecule has 0 spiro atoms. The number of amides is 2. The minimum absolute atomic E-state index is 0.00618. The van der Waals surface area contributed by atoms with Gasteiger partial charge in [-0.15, -0.1) is 0 Å². The first kappa shape index (κ1) is 16.1. The summed E-state index contributed by atoms with van der Waals surface area (Å²) in [4.78, 5) is 13.9. The lowest BCUT2D eigenvalue weighted by Gasteiger charge is -2.23. The zero-order valence-electron chi connectivity index (χ0n) is 13.3. The number of azo groups is 1. The maximum atomic E-state index is 12.2. The van der Waals surface area contributed by atoms with Gasteiger partial charge in [0.15, 0.2) is 0 Å². The van der Waals surface area contributed by atoms with Gasteiger partial charge in [0.05, 0.1) is 24.0 Å². The van der Waals surface area contributed by atoms with Crippen LogP contribution in [-0.2, 0) is 0 Å². The van der Waals surface area contributed by atoms with Crippen LogP contribution in [0, 0.1) is 0 Å². The van der Waals surface area contributed by atoms with Gasteiger partial charge in [0.25, 0.3) is 0 Å². The Labute approximate surface area is 140 Å². The summed E-state index contributed by atoms with van der Waals surface area (Å²) in [5, 5.41) is 20.5. The standard InChI is InChI=1S/C18H20N4O2/c23-13-17-7-4-12-22(17)18(24)19-14-8-10-16(11-9-14)21-20-15-5-2-1-3-6-15/h1-3,5-6,8-11,17,23H,4,7,12-13H2,(H,19,24)/t17-/m0/s1. The lowest BCUT2D eigenvalue weighted by Crippen LogP contribution is -2.40. The molecule has 0 aliphatic carbocycles. The maximum absolute atomic E-state index is 12.2. The first-order chi connectivity index (χ1) is 11.8. The monoisotopic (exact) mass is 324 g/mol. The lowest BCUT2D eigenvalue weighted by molar-refractivity contribution is 0.166. The molecule has 1 fully saturated rings. The smallest absolute Gasteiger partial charge is 0.322 e. The summed E-state index contributed by atoms with van der Waals surface area (Å²) in [5.74, 6) is 0. The summed E-state index contributed by atoms with van der Waals surface area (Å²) in [5.41, 5.74) is 2.20. The van der Waals surface area contributed by atoms with Crippen molar-refractivity contribution in [3.8, 4) is 0 Å². The molecule has 1 saturated heterocycles. The molecule has 24 heavy (non-hydrogen) atoms. The van der Waals surface area contributed by atoms with Crippen LogP contribution in [0.5, 0.6) is 0 Å². The second-order valence-corrected chi connectivity index (χ2v) is 5.68. The molecule has 0 saturated carbocycles. The fraction of sp³-hybridized carbons (Fsp3) is 0.278. The minimum Gasteiger partial charge on any atom is -0.394 e. The van der Waals surface area contributed by atoms with Gasteiger partial charge >= 0.3 is 6.03 Å². The van der Waals surface area contributed by atoms with Gasteiger partial charge in [0, 0.05) is 12.2 Å². The van der Waals surface area contributed by atoms with E-state index < -0.39 is 0 Å². The molecule has 0 aromatic heterocycles. The highest BCUT2D eigenvalue weighted by Gasteiger charge is 2.27. The van der Waals surface area contributed by atoms with Crippen molar-refractivity contribution in [1.82, 2.24) is 4.90 Å². The topological polar surface area (TPSA) is 77.3 Å². The number of urea groups is 1. The number of carbonyl (C=O) groups is 1. The van der Waals surface area contributed by atoms with Crippen LogP contribution >= 0.6 is 0 Å². The molecule has 2 aromatic carbocycles. The van der Waals surface area contributed by atoms with Crippen molar-refractivity contribution in [3.05, 3.63) is 54.6 Å². The highest BCUT2D eigenvalue weighted by atomic mass is 16.3. The number of aliphatic hydroxyl groups excluding tert-OH is 1. The highest BCUT2D eigenvalue weighted by molar-refractivity contribution is 5.89. The van der Waals surface area contributed by atoms with E-state index in [2.05, 4.69) is 15.5 Å². The van der Waals surface area contributed by atoms with Crippen molar-refractivity contribution >= 4 is 23.1 Å². The number of likely N-dealkylation sites (tertiary alicyclic amines) is 1. The molecular formula is C18H20N4O2. The molecule has 0 unspecified atom stereocenters. The van der Waals surface area contributed by atoms with Gasteiger partial charge in [-0.3, -0.25) is 0 Å². The van der Waals surface area contributed by atoms with Gasteiger partial charge in [0.1, 0.15) is 0 Å². The summed E-state index contributed by atoms with van der Waals surface area (Å²) in [7, 11) is 0. The number of aliphatic hydroxyl groups is 1. The van der Waals surface area contributed by atoms with E-state index in [9.17, 15) is 9.90 Å². The Hall–Kier alpha value is -2.73. The first-order valence-electron chi connectivity index (χ1n) is 8.01. The molecule has 0 radical (unpaired) electrons. The largest absolute Gasteiger partial charge is 0.394 e. The summed E-state index contributed by atoms with van der Waals surface area (Å²) >= 11 is 0. The Morgan fingerprint density at radius 1 is 1.08 bits per heavy atom. The second kappa shape index (κ2) is 7.70. The van der Waals surface area contributed by atoms with E-state index in [-0.39, 0.29) is 18.7 Å². The van der Waals surface area contributed by atoms with Crippen molar-refractivity contribution in [2.45, 2.75) is 18.9 Å². The third kappa shape index (κ3) is 3.97. The van der Waals surface area contributed by atoms with Crippen molar-refractivity contribution in [1.29, 1.82) is 0 Å². The van der Waals surface area contributed by atoms with Crippen molar-refractivity contribution in [2.75, 3.05) is 18.5 Å². The fourth-order valence-corrected chi connectivity index (χ4v) is 2.71. The Bertz CT molecular complexity index is 701. The average Bonchev–Trinajstić information content (AvgIpc) is 3.11. The number of nitrogens with one attached hydrogen (secondary N) is 1. The van der Waals surface area contributed by atoms with E-state index in [0.29, 0.717) is 17.9 Å². The summed E-state index contributed by atoms with van der Waals surface area (Å²) < 4.78 is 0. The van der Waals surface area contributed by atoms with Crippen LogP contribution < -0.4 is 5.32 Å². The van der Waals surface area contributed by atoms with Crippen LogP contribution in [0.3, 0.4) is 0 Å². The number of nitrogens with zero attached hydrogens (tertiary/aromatic N) is 3. The van der Waals surface area contributed by atoms with Gasteiger partial charge < -0.3 is 15.3 Å². The van der Waals surface area contributed by atoms with E-state index in [1.807, 2.05) is 30.3 Å². The van der Waals surface area contributed by atoms with E-state index >= 15 is 0 Å². The zero-order valence-corrected chi connectivity index (χ0v) is 13.3. The van der Waals surface area contributed by atoms with E-state index in [1.54, 1.807) is 29.2 Å². The summed E-state index contributed by atoms with van der Waals surface area (Å²) in [6, 6.07) is 16.4. The Morgan fingerprint density at radius 2 is 1.75 bits per heavy atom. The normalized spacial score (nSPS) is 17.4. The first-order valence-corrected chi connectivity index (χ1v) is 8.01. The van der Waals surface area contributed by atoms with Crippen molar-refractivity contribution < 1.29 is 9.90 Å². The molecule has 1 aliphatic rings. The van der Waals surface area contributed by atoms with Gasteiger partial charge in [-0.2, -0.15) is 10.2 Å².